The molecule has 1 fully saturated rings. The third-order valence-corrected chi connectivity index (χ3v) is 4.70. The van der Waals surface area contributed by atoms with Crippen LogP contribution < -0.4 is 0 Å². The van der Waals surface area contributed by atoms with Crippen molar-refractivity contribution < 1.29 is 9.53 Å². The number of aromatic nitrogens is 3. The third kappa shape index (κ3) is 2.92. The van der Waals surface area contributed by atoms with E-state index in [1.807, 2.05) is 10.6 Å². The lowest BCUT2D eigenvalue weighted by Gasteiger charge is -2.27. The monoisotopic (exact) mass is 371 g/mol. The normalized spacial score (nSPS) is 22.4. The summed E-state index contributed by atoms with van der Waals surface area (Å²) < 4.78 is 8.00. The van der Waals surface area contributed by atoms with Gasteiger partial charge in [-0.3, -0.25) is 9.20 Å². The molecule has 112 valence electrons. The smallest absolute Gasteiger partial charge is 0.302 e. The van der Waals surface area contributed by atoms with Crippen LogP contribution >= 0.6 is 27.5 Å². The van der Waals surface area contributed by atoms with Crippen LogP contribution in [0.15, 0.2) is 17.0 Å². The molecule has 0 aromatic carbocycles. The van der Waals surface area contributed by atoms with E-state index >= 15 is 0 Å². The molecule has 0 atom stereocenters. The van der Waals surface area contributed by atoms with E-state index in [1.54, 1.807) is 6.20 Å². The second-order valence-corrected chi connectivity index (χ2v) is 6.39. The van der Waals surface area contributed by atoms with Crippen molar-refractivity contribution in [2.75, 3.05) is 0 Å². The zero-order valence-electron chi connectivity index (χ0n) is 11.6. The summed E-state index contributed by atoms with van der Waals surface area (Å²) in [7, 11) is 0. The Morgan fingerprint density at radius 3 is 2.81 bits per heavy atom. The fraction of sp³-hybridized carbons (Fsp3) is 0.500. The van der Waals surface area contributed by atoms with Crippen LogP contribution in [0.4, 0.5) is 0 Å². The highest BCUT2D eigenvalue weighted by Crippen LogP contribution is 2.36. The number of nitrogens with zero attached hydrogens (tertiary/aromatic N) is 3. The zero-order chi connectivity index (χ0) is 15.0. The maximum Gasteiger partial charge on any atom is 0.302 e. The molecule has 7 heteroatoms. The van der Waals surface area contributed by atoms with E-state index in [9.17, 15) is 4.79 Å². The number of rotatable bonds is 2. The molecule has 0 N–H and O–H groups in total. The first-order valence-electron chi connectivity index (χ1n) is 6.91. The molecule has 1 aliphatic rings. The number of carbonyl (C=O) groups excluding carboxylic acids is 1. The lowest BCUT2D eigenvalue weighted by molar-refractivity contribution is -0.147. The molecule has 2 aromatic rings. The van der Waals surface area contributed by atoms with E-state index in [0.29, 0.717) is 11.1 Å². The fourth-order valence-corrected chi connectivity index (χ4v) is 3.86. The Labute approximate surface area is 135 Å². The van der Waals surface area contributed by atoms with Crippen molar-refractivity contribution in [1.29, 1.82) is 0 Å². The van der Waals surface area contributed by atoms with Gasteiger partial charge in [0.1, 0.15) is 22.0 Å². The molecule has 21 heavy (non-hydrogen) atoms. The standard InChI is InChI=1S/C14H15BrClN3O2/c1-8(20)21-10-4-2-9(3-5-10)14-18-12(15)11-13(16)17-6-7-19(11)14/h6-7,9-10H,2-5H2,1H3. The van der Waals surface area contributed by atoms with Gasteiger partial charge in [0.2, 0.25) is 0 Å². The number of carbonyl (C=O) groups is 1. The molecule has 0 unspecified atom stereocenters. The van der Waals surface area contributed by atoms with Gasteiger partial charge in [0.15, 0.2) is 5.15 Å². The molecule has 3 rings (SSSR count). The Morgan fingerprint density at radius 1 is 1.43 bits per heavy atom. The zero-order valence-corrected chi connectivity index (χ0v) is 13.9. The number of hydrogen-bond acceptors (Lipinski definition) is 4. The van der Waals surface area contributed by atoms with Crippen molar-refractivity contribution in [3.63, 3.8) is 0 Å². The number of halogens is 2. The first-order chi connectivity index (χ1) is 10.1. The van der Waals surface area contributed by atoms with Crippen molar-refractivity contribution in [2.45, 2.75) is 44.6 Å². The van der Waals surface area contributed by atoms with Gasteiger partial charge in [-0.15, -0.1) is 0 Å². The van der Waals surface area contributed by atoms with E-state index in [1.165, 1.54) is 6.92 Å². The Hall–Kier alpha value is -1.14. The second kappa shape index (κ2) is 5.93. The van der Waals surface area contributed by atoms with Gasteiger partial charge in [-0.05, 0) is 41.6 Å². The van der Waals surface area contributed by atoms with Crippen LogP contribution in [-0.2, 0) is 9.53 Å². The van der Waals surface area contributed by atoms with Crippen LogP contribution in [0.3, 0.4) is 0 Å². The van der Waals surface area contributed by atoms with Gasteiger partial charge in [0.05, 0.1) is 0 Å². The number of hydrogen-bond donors (Lipinski definition) is 0. The Kier molecular flexibility index (Phi) is 4.17. The van der Waals surface area contributed by atoms with Crippen molar-refractivity contribution in [1.82, 2.24) is 14.4 Å². The first-order valence-corrected chi connectivity index (χ1v) is 8.08. The van der Waals surface area contributed by atoms with E-state index in [4.69, 9.17) is 16.3 Å². The number of esters is 1. The molecule has 1 aliphatic carbocycles. The highest BCUT2D eigenvalue weighted by Gasteiger charge is 2.28. The van der Waals surface area contributed by atoms with Gasteiger partial charge in [0.25, 0.3) is 0 Å². The molecule has 0 spiro atoms. The van der Waals surface area contributed by atoms with Gasteiger partial charge < -0.3 is 4.74 Å². The van der Waals surface area contributed by atoms with Crippen molar-refractivity contribution in [3.05, 3.63) is 28.0 Å². The molecule has 1 saturated carbocycles. The van der Waals surface area contributed by atoms with Gasteiger partial charge in [-0.2, -0.15) is 0 Å². The highest BCUT2D eigenvalue weighted by atomic mass is 79.9. The second-order valence-electron chi connectivity index (χ2n) is 5.28. The summed E-state index contributed by atoms with van der Waals surface area (Å²) in [4.78, 5) is 19.7. The van der Waals surface area contributed by atoms with E-state index < -0.39 is 0 Å². The van der Waals surface area contributed by atoms with Crippen molar-refractivity contribution >= 4 is 39.0 Å². The summed E-state index contributed by atoms with van der Waals surface area (Å²) in [5, 5.41) is 0.441. The van der Waals surface area contributed by atoms with Gasteiger partial charge in [-0.1, -0.05) is 11.6 Å². The predicted molar refractivity (Wildman–Crippen MR) is 82.5 cm³/mol. The average molecular weight is 373 g/mol. The average Bonchev–Trinajstić information content (AvgIpc) is 2.78. The summed E-state index contributed by atoms with van der Waals surface area (Å²) in [6.45, 7) is 1.46. The molecule has 0 aliphatic heterocycles. The van der Waals surface area contributed by atoms with Gasteiger partial charge >= 0.3 is 5.97 Å². The van der Waals surface area contributed by atoms with E-state index in [0.717, 1.165) is 41.6 Å². The molecular weight excluding hydrogens is 358 g/mol. The largest absolute Gasteiger partial charge is 0.463 e. The van der Waals surface area contributed by atoms with E-state index in [-0.39, 0.29) is 12.1 Å². The quantitative estimate of drug-likeness (QED) is 0.754. The summed E-state index contributed by atoms with van der Waals surface area (Å²) in [5.41, 5.74) is 0.802. The summed E-state index contributed by atoms with van der Waals surface area (Å²) >= 11 is 9.59. The maximum atomic E-state index is 11.0. The van der Waals surface area contributed by atoms with Crippen LogP contribution in [0.1, 0.15) is 44.3 Å². The third-order valence-electron chi connectivity index (χ3n) is 3.87. The van der Waals surface area contributed by atoms with Crippen LogP contribution in [0.2, 0.25) is 5.15 Å². The summed E-state index contributed by atoms with van der Waals surface area (Å²) in [6.07, 6.45) is 7.24. The number of ether oxygens (including phenoxy) is 1. The number of fused-ring (bicyclic) bond motifs is 1. The molecule has 0 saturated heterocycles. The Balaban J connectivity index is 1.83. The molecule has 2 heterocycles. The minimum absolute atomic E-state index is 0.0404. The van der Waals surface area contributed by atoms with Gasteiger partial charge in [-0.25, -0.2) is 9.97 Å². The summed E-state index contributed by atoms with van der Waals surface area (Å²) in [6, 6.07) is 0. The maximum absolute atomic E-state index is 11.0. The lowest BCUT2D eigenvalue weighted by Crippen LogP contribution is -2.23. The lowest BCUT2D eigenvalue weighted by atomic mass is 9.87. The van der Waals surface area contributed by atoms with Crippen LogP contribution in [0.25, 0.3) is 5.52 Å². The minimum Gasteiger partial charge on any atom is -0.463 e. The van der Waals surface area contributed by atoms with Crippen LogP contribution in [0, 0.1) is 0 Å². The van der Waals surface area contributed by atoms with Gasteiger partial charge in [0, 0.05) is 25.2 Å². The highest BCUT2D eigenvalue weighted by molar-refractivity contribution is 9.10. The Bertz CT molecular complexity index is 680. The van der Waals surface area contributed by atoms with E-state index in [2.05, 4.69) is 25.9 Å². The molecule has 5 nitrogen and oxygen atoms in total. The minimum atomic E-state index is -0.203. The molecule has 0 radical (unpaired) electrons. The SMILES string of the molecule is CC(=O)OC1CCC(c2nc(Br)c3c(Cl)nccn23)CC1. The Morgan fingerprint density at radius 2 is 2.14 bits per heavy atom. The topological polar surface area (TPSA) is 56.5 Å². The number of imidazole rings is 1. The first kappa shape index (κ1) is 14.8. The van der Waals surface area contributed by atoms with Crippen molar-refractivity contribution in [2.24, 2.45) is 0 Å². The molecule has 2 aromatic heterocycles. The van der Waals surface area contributed by atoms with Crippen molar-refractivity contribution in [3.8, 4) is 0 Å². The van der Waals surface area contributed by atoms with Crippen LogP contribution in [-0.4, -0.2) is 26.4 Å². The molecule has 0 bridgehead atoms. The summed E-state index contributed by atoms with van der Waals surface area (Å²) in [5.74, 6) is 1.13. The fourth-order valence-electron chi connectivity index (χ4n) is 2.94. The molecular formula is C14H15BrClN3O2. The molecule has 0 amide bonds. The van der Waals surface area contributed by atoms with Crippen LogP contribution in [0.5, 0.6) is 0 Å². The predicted octanol–water partition coefficient (Wildman–Crippen LogP) is 3.73.